The van der Waals surface area contributed by atoms with Crippen molar-refractivity contribution < 1.29 is 18.4 Å². The summed E-state index contributed by atoms with van der Waals surface area (Å²) in [6, 6.07) is 7.32. The van der Waals surface area contributed by atoms with E-state index in [0.717, 1.165) is 28.8 Å². The number of nitrogens with one attached hydrogen (secondary N) is 1. The summed E-state index contributed by atoms with van der Waals surface area (Å²) in [5.41, 5.74) is 0. The summed E-state index contributed by atoms with van der Waals surface area (Å²) >= 11 is 2.65. The van der Waals surface area contributed by atoms with Gasteiger partial charge in [0.25, 0.3) is 0 Å². The summed E-state index contributed by atoms with van der Waals surface area (Å²) in [5, 5.41) is 4.70. The van der Waals surface area contributed by atoms with Crippen LogP contribution in [0, 0.1) is 11.6 Å². The van der Waals surface area contributed by atoms with Crippen molar-refractivity contribution in [3.05, 3.63) is 52.2 Å². The first-order chi connectivity index (χ1) is 12.0. The Bertz CT molecular complexity index is 723. The zero-order valence-electron chi connectivity index (χ0n) is 13.6. The molecule has 0 unspecified atom stereocenters. The van der Waals surface area contributed by atoms with Gasteiger partial charge in [-0.25, -0.2) is 8.78 Å². The van der Waals surface area contributed by atoms with Gasteiger partial charge in [0.2, 0.25) is 11.8 Å². The number of rotatable bonds is 8. The number of amides is 2. The number of thiophene rings is 1. The Labute approximate surface area is 153 Å². The number of carbonyl (C=O) groups is 2. The lowest BCUT2D eigenvalue weighted by atomic mass is 10.3. The summed E-state index contributed by atoms with van der Waals surface area (Å²) < 4.78 is 26.1. The van der Waals surface area contributed by atoms with Gasteiger partial charge in [0.1, 0.15) is 0 Å². The molecule has 0 aliphatic heterocycles. The van der Waals surface area contributed by atoms with E-state index in [9.17, 15) is 18.4 Å². The Morgan fingerprint density at radius 3 is 2.68 bits per heavy atom. The van der Waals surface area contributed by atoms with Crippen molar-refractivity contribution in [1.29, 1.82) is 0 Å². The molecule has 0 saturated carbocycles. The second-order valence-electron chi connectivity index (χ2n) is 5.13. The van der Waals surface area contributed by atoms with Gasteiger partial charge >= 0.3 is 0 Å². The lowest BCUT2D eigenvalue weighted by Gasteiger charge is -2.20. The fraction of sp³-hybridized carbons (Fsp3) is 0.294. The molecule has 0 radical (unpaired) electrons. The molecule has 0 atom stereocenters. The molecule has 1 heterocycles. The maximum absolute atomic E-state index is 13.2. The van der Waals surface area contributed by atoms with Crippen molar-refractivity contribution in [1.82, 2.24) is 10.2 Å². The van der Waals surface area contributed by atoms with Gasteiger partial charge in [0.15, 0.2) is 11.6 Å². The summed E-state index contributed by atoms with van der Waals surface area (Å²) in [4.78, 5) is 27.1. The summed E-state index contributed by atoms with van der Waals surface area (Å²) in [6.45, 7) is 2.58. The van der Waals surface area contributed by atoms with Gasteiger partial charge in [-0.05, 0) is 36.6 Å². The largest absolute Gasteiger partial charge is 0.350 e. The molecule has 8 heteroatoms. The molecule has 0 spiro atoms. The predicted molar refractivity (Wildman–Crippen MR) is 95.5 cm³/mol. The molecule has 2 rings (SSSR count). The number of thioether (sulfide) groups is 1. The molecule has 1 aromatic carbocycles. The van der Waals surface area contributed by atoms with Crippen molar-refractivity contribution in [3.63, 3.8) is 0 Å². The van der Waals surface area contributed by atoms with E-state index in [1.54, 1.807) is 18.3 Å². The normalized spacial score (nSPS) is 10.5. The van der Waals surface area contributed by atoms with Crippen LogP contribution in [0.15, 0.2) is 40.6 Å². The van der Waals surface area contributed by atoms with E-state index in [-0.39, 0.29) is 24.1 Å². The van der Waals surface area contributed by atoms with E-state index in [0.29, 0.717) is 18.0 Å². The van der Waals surface area contributed by atoms with E-state index in [4.69, 9.17) is 0 Å². The van der Waals surface area contributed by atoms with Gasteiger partial charge in [0, 0.05) is 16.3 Å². The maximum Gasteiger partial charge on any atom is 0.239 e. The van der Waals surface area contributed by atoms with Crippen LogP contribution in [0.2, 0.25) is 0 Å². The number of carbonyl (C=O) groups excluding carboxylic acids is 2. The first-order valence-corrected chi connectivity index (χ1v) is 9.50. The minimum absolute atomic E-state index is 0.0287. The fourth-order valence-electron chi connectivity index (χ4n) is 2.01. The third-order valence-electron chi connectivity index (χ3n) is 3.36. The van der Waals surface area contributed by atoms with Gasteiger partial charge in [-0.3, -0.25) is 9.59 Å². The van der Waals surface area contributed by atoms with E-state index in [2.05, 4.69) is 5.32 Å². The van der Waals surface area contributed by atoms with Gasteiger partial charge < -0.3 is 10.2 Å². The third-order valence-corrected chi connectivity index (χ3v) is 5.22. The zero-order valence-corrected chi connectivity index (χ0v) is 15.3. The highest BCUT2D eigenvalue weighted by Gasteiger charge is 2.16. The molecule has 4 nitrogen and oxygen atoms in total. The molecule has 0 saturated heterocycles. The van der Waals surface area contributed by atoms with Gasteiger partial charge in [-0.1, -0.05) is 6.07 Å². The fourth-order valence-corrected chi connectivity index (χ4v) is 3.48. The Balaban J connectivity index is 1.80. The number of hydrogen-bond acceptors (Lipinski definition) is 4. The molecule has 0 aliphatic carbocycles. The minimum atomic E-state index is -0.947. The molecule has 0 bridgehead atoms. The summed E-state index contributed by atoms with van der Waals surface area (Å²) in [6.07, 6.45) is 0. The topological polar surface area (TPSA) is 49.4 Å². The van der Waals surface area contributed by atoms with Crippen LogP contribution in [-0.4, -0.2) is 35.6 Å². The molecular formula is C17H18F2N2O2S2. The molecule has 25 heavy (non-hydrogen) atoms. The highest BCUT2D eigenvalue weighted by atomic mass is 32.2. The highest BCUT2D eigenvalue weighted by molar-refractivity contribution is 8.00. The molecule has 134 valence electrons. The van der Waals surface area contributed by atoms with Crippen molar-refractivity contribution >= 4 is 34.9 Å². The molecule has 0 fully saturated rings. The molecule has 2 amide bonds. The van der Waals surface area contributed by atoms with Crippen LogP contribution in [0.3, 0.4) is 0 Å². The Kier molecular flexibility index (Phi) is 7.39. The first kappa shape index (κ1) is 19.4. The first-order valence-electron chi connectivity index (χ1n) is 7.64. The third kappa shape index (κ3) is 6.13. The van der Waals surface area contributed by atoms with Crippen molar-refractivity contribution in [3.8, 4) is 0 Å². The SMILES string of the molecule is CCN(CC(=O)NCc1cccs1)C(=O)CSc1ccc(F)c(F)c1. The molecular weight excluding hydrogens is 366 g/mol. The van der Waals surface area contributed by atoms with Gasteiger partial charge in [-0.2, -0.15) is 0 Å². The molecule has 1 aromatic heterocycles. The smallest absolute Gasteiger partial charge is 0.239 e. The second-order valence-corrected chi connectivity index (χ2v) is 7.21. The van der Waals surface area contributed by atoms with Crippen LogP contribution in [0.4, 0.5) is 8.78 Å². The van der Waals surface area contributed by atoms with E-state index < -0.39 is 11.6 Å². The van der Waals surface area contributed by atoms with Crippen molar-refractivity contribution in [2.24, 2.45) is 0 Å². The molecule has 2 aromatic rings. The van der Waals surface area contributed by atoms with E-state index in [1.165, 1.54) is 11.0 Å². The van der Waals surface area contributed by atoms with Crippen LogP contribution in [0.25, 0.3) is 0 Å². The average molecular weight is 384 g/mol. The number of hydrogen-bond donors (Lipinski definition) is 1. The van der Waals surface area contributed by atoms with Crippen LogP contribution >= 0.6 is 23.1 Å². The quantitative estimate of drug-likeness (QED) is 0.711. The molecule has 0 aliphatic rings. The van der Waals surface area contributed by atoms with Crippen LogP contribution < -0.4 is 5.32 Å². The van der Waals surface area contributed by atoms with Crippen LogP contribution in [-0.2, 0) is 16.1 Å². The lowest BCUT2D eigenvalue weighted by molar-refractivity contribution is -0.133. The highest BCUT2D eigenvalue weighted by Crippen LogP contribution is 2.20. The molecule has 1 N–H and O–H groups in total. The summed E-state index contributed by atoms with van der Waals surface area (Å²) in [7, 11) is 0. The second kappa shape index (κ2) is 9.53. The van der Waals surface area contributed by atoms with Crippen LogP contribution in [0.1, 0.15) is 11.8 Å². The average Bonchev–Trinajstić information content (AvgIpc) is 3.12. The number of benzene rings is 1. The standard InChI is InChI=1S/C17H18F2N2O2S2/c1-2-21(10-16(22)20-9-13-4-3-7-24-13)17(23)11-25-12-5-6-14(18)15(19)8-12/h3-8H,2,9-11H2,1H3,(H,20,22). The zero-order chi connectivity index (χ0) is 18.2. The number of likely N-dealkylation sites (N-methyl/N-ethyl adjacent to an activating group) is 1. The maximum atomic E-state index is 13.2. The monoisotopic (exact) mass is 384 g/mol. The Morgan fingerprint density at radius 2 is 2.04 bits per heavy atom. The van der Waals surface area contributed by atoms with Crippen molar-refractivity contribution in [2.45, 2.75) is 18.4 Å². The van der Waals surface area contributed by atoms with E-state index in [1.807, 2.05) is 17.5 Å². The minimum Gasteiger partial charge on any atom is -0.350 e. The number of halogens is 2. The lowest BCUT2D eigenvalue weighted by Crippen LogP contribution is -2.41. The van der Waals surface area contributed by atoms with Crippen molar-refractivity contribution in [2.75, 3.05) is 18.8 Å². The van der Waals surface area contributed by atoms with Gasteiger partial charge in [-0.15, -0.1) is 23.1 Å². The summed E-state index contributed by atoms with van der Waals surface area (Å²) in [5.74, 6) is -2.28. The predicted octanol–water partition coefficient (Wildman–Crippen LogP) is 3.28. The Hall–Kier alpha value is -1.93. The van der Waals surface area contributed by atoms with Gasteiger partial charge in [0.05, 0.1) is 18.8 Å². The number of nitrogens with zero attached hydrogens (tertiary/aromatic N) is 1. The Morgan fingerprint density at radius 1 is 1.24 bits per heavy atom. The van der Waals surface area contributed by atoms with Crippen LogP contribution in [0.5, 0.6) is 0 Å². The van der Waals surface area contributed by atoms with E-state index >= 15 is 0 Å².